The SMILES string of the molecule is N/C(=N/O)c1cccc(NC(=O)c2ccccc2I)c1. The van der Waals surface area contributed by atoms with E-state index < -0.39 is 0 Å². The first kappa shape index (κ1) is 14.3. The van der Waals surface area contributed by atoms with Crippen molar-refractivity contribution in [3.05, 3.63) is 63.2 Å². The van der Waals surface area contributed by atoms with Gasteiger partial charge in [-0.3, -0.25) is 4.79 Å². The second kappa shape index (κ2) is 6.38. The number of rotatable bonds is 3. The van der Waals surface area contributed by atoms with Crippen LogP contribution in [0, 0.1) is 3.57 Å². The molecule has 2 rings (SSSR count). The van der Waals surface area contributed by atoms with Gasteiger partial charge in [0.1, 0.15) is 0 Å². The van der Waals surface area contributed by atoms with Gasteiger partial charge in [-0.15, -0.1) is 0 Å². The molecule has 0 radical (unpaired) electrons. The molecule has 0 aliphatic heterocycles. The lowest BCUT2D eigenvalue weighted by atomic mass is 10.1. The van der Waals surface area contributed by atoms with E-state index in [1.54, 1.807) is 30.3 Å². The predicted molar refractivity (Wildman–Crippen MR) is 86.1 cm³/mol. The smallest absolute Gasteiger partial charge is 0.256 e. The van der Waals surface area contributed by atoms with E-state index in [0.29, 0.717) is 16.8 Å². The van der Waals surface area contributed by atoms with Crippen LogP contribution in [0.1, 0.15) is 15.9 Å². The summed E-state index contributed by atoms with van der Waals surface area (Å²) in [4.78, 5) is 12.2. The van der Waals surface area contributed by atoms with E-state index in [4.69, 9.17) is 10.9 Å². The molecule has 0 saturated heterocycles. The van der Waals surface area contributed by atoms with Gasteiger partial charge >= 0.3 is 0 Å². The molecule has 2 aromatic rings. The number of anilines is 1. The number of halogens is 1. The summed E-state index contributed by atoms with van der Waals surface area (Å²) in [6.07, 6.45) is 0. The molecule has 0 saturated carbocycles. The molecule has 20 heavy (non-hydrogen) atoms. The third-order valence-electron chi connectivity index (χ3n) is 2.64. The van der Waals surface area contributed by atoms with Crippen molar-refractivity contribution in [3.8, 4) is 0 Å². The van der Waals surface area contributed by atoms with Crippen molar-refractivity contribution in [3.63, 3.8) is 0 Å². The van der Waals surface area contributed by atoms with Gasteiger partial charge in [0.15, 0.2) is 5.84 Å². The van der Waals surface area contributed by atoms with E-state index in [0.717, 1.165) is 3.57 Å². The van der Waals surface area contributed by atoms with Crippen molar-refractivity contribution in [2.45, 2.75) is 0 Å². The van der Waals surface area contributed by atoms with E-state index >= 15 is 0 Å². The van der Waals surface area contributed by atoms with Gasteiger partial charge in [-0.1, -0.05) is 29.4 Å². The minimum atomic E-state index is -0.202. The van der Waals surface area contributed by atoms with Gasteiger partial charge in [0.2, 0.25) is 0 Å². The van der Waals surface area contributed by atoms with Gasteiger partial charge in [-0.2, -0.15) is 0 Å². The van der Waals surface area contributed by atoms with E-state index in [1.807, 2.05) is 18.2 Å². The number of carbonyl (C=O) groups is 1. The van der Waals surface area contributed by atoms with Crippen LogP contribution in [-0.2, 0) is 0 Å². The monoisotopic (exact) mass is 381 g/mol. The van der Waals surface area contributed by atoms with E-state index in [9.17, 15) is 4.79 Å². The second-order valence-corrected chi connectivity index (χ2v) is 5.16. The van der Waals surface area contributed by atoms with Crippen molar-refractivity contribution < 1.29 is 10.0 Å². The molecular formula is C14H12IN3O2. The molecular weight excluding hydrogens is 369 g/mol. The molecule has 102 valence electrons. The fraction of sp³-hybridized carbons (Fsp3) is 0. The zero-order chi connectivity index (χ0) is 14.5. The van der Waals surface area contributed by atoms with E-state index in [2.05, 4.69) is 33.1 Å². The molecule has 4 N–H and O–H groups in total. The molecule has 0 unspecified atom stereocenters. The van der Waals surface area contributed by atoms with Crippen LogP contribution >= 0.6 is 22.6 Å². The maximum absolute atomic E-state index is 12.2. The highest BCUT2D eigenvalue weighted by atomic mass is 127. The number of hydrogen-bond acceptors (Lipinski definition) is 3. The van der Waals surface area contributed by atoms with Gasteiger partial charge in [-0.05, 0) is 46.9 Å². The minimum absolute atomic E-state index is 0.00427. The zero-order valence-electron chi connectivity index (χ0n) is 10.4. The Morgan fingerprint density at radius 1 is 1.20 bits per heavy atom. The lowest BCUT2D eigenvalue weighted by molar-refractivity contribution is 0.102. The average molecular weight is 381 g/mol. The topological polar surface area (TPSA) is 87.7 Å². The highest BCUT2D eigenvalue weighted by molar-refractivity contribution is 14.1. The molecule has 2 aromatic carbocycles. The molecule has 0 heterocycles. The quantitative estimate of drug-likeness (QED) is 0.251. The summed E-state index contributed by atoms with van der Waals surface area (Å²) in [6, 6.07) is 14.1. The first-order chi connectivity index (χ1) is 9.61. The number of carbonyl (C=O) groups excluding carboxylic acids is 1. The zero-order valence-corrected chi connectivity index (χ0v) is 12.5. The maximum Gasteiger partial charge on any atom is 0.256 e. The van der Waals surface area contributed by atoms with Crippen molar-refractivity contribution in [1.29, 1.82) is 0 Å². The third kappa shape index (κ3) is 3.27. The largest absolute Gasteiger partial charge is 0.409 e. The van der Waals surface area contributed by atoms with Crippen LogP contribution in [0.3, 0.4) is 0 Å². The summed E-state index contributed by atoms with van der Waals surface area (Å²) < 4.78 is 0.871. The molecule has 0 fully saturated rings. The van der Waals surface area contributed by atoms with E-state index in [1.165, 1.54) is 0 Å². The second-order valence-electron chi connectivity index (χ2n) is 4.00. The number of nitrogens with one attached hydrogen (secondary N) is 1. The molecule has 0 aliphatic rings. The van der Waals surface area contributed by atoms with Crippen molar-refractivity contribution >= 4 is 40.0 Å². The molecule has 1 amide bonds. The molecule has 0 aromatic heterocycles. The summed E-state index contributed by atoms with van der Waals surface area (Å²) in [6.45, 7) is 0. The van der Waals surface area contributed by atoms with E-state index in [-0.39, 0.29) is 11.7 Å². The fourth-order valence-electron chi connectivity index (χ4n) is 1.66. The van der Waals surface area contributed by atoms with Crippen molar-refractivity contribution in [1.82, 2.24) is 0 Å². The fourth-order valence-corrected chi connectivity index (χ4v) is 2.29. The number of benzene rings is 2. The number of amidine groups is 1. The van der Waals surface area contributed by atoms with Gasteiger partial charge in [-0.25, -0.2) is 0 Å². The van der Waals surface area contributed by atoms with Crippen LogP contribution in [0.4, 0.5) is 5.69 Å². The number of nitrogens with zero attached hydrogens (tertiary/aromatic N) is 1. The minimum Gasteiger partial charge on any atom is -0.409 e. The highest BCUT2D eigenvalue weighted by Crippen LogP contribution is 2.15. The van der Waals surface area contributed by atoms with Gasteiger partial charge < -0.3 is 16.3 Å². The van der Waals surface area contributed by atoms with Crippen LogP contribution in [-0.4, -0.2) is 17.0 Å². The van der Waals surface area contributed by atoms with Gasteiger partial charge in [0.25, 0.3) is 5.91 Å². The first-order valence-corrected chi connectivity index (χ1v) is 6.83. The molecule has 6 heteroatoms. The Kier molecular flexibility index (Phi) is 4.57. The van der Waals surface area contributed by atoms with Crippen molar-refractivity contribution in [2.75, 3.05) is 5.32 Å². The number of nitrogens with two attached hydrogens (primary N) is 1. The van der Waals surface area contributed by atoms with Crippen LogP contribution in [0.25, 0.3) is 0 Å². The number of oxime groups is 1. The Morgan fingerprint density at radius 3 is 2.65 bits per heavy atom. The van der Waals surface area contributed by atoms with Gasteiger partial charge in [0.05, 0.1) is 5.56 Å². The van der Waals surface area contributed by atoms with Crippen LogP contribution in [0.5, 0.6) is 0 Å². The molecule has 0 bridgehead atoms. The summed E-state index contributed by atoms with van der Waals surface area (Å²) in [5.41, 5.74) is 7.23. The lowest BCUT2D eigenvalue weighted by Gasteiger charge is -2.08. The summed E-state index contributed by atoms with van der Waals surface area (Å²) in [5, 5.41) is 14.4. The van der Waals surface area contributed by atoms with Crippen LogP contribution < -0.4 is 11.1 Å². The molecule has 5 nitrogen and oxygen atoms in total. The highest BCUT2D eigenvalue weighted by Gasteiger charge is 2.10. The molecule has 0 spiro atoms. The normalized spacial score (nSPS) is 11.2. The Bertz CT molecular complexity index is 671. The van der Waals surface area contributed by atoms with Crippen molar-refractivity contribution in [2.24, 2.45) is 10.9 Å². The predicted octanol–water partition coefficient (Wildman–Crippen LogP) is 2.64. The lowest BCUT2D eigenvalue weighted by Crippen LogP contribution is -2.16. The first-order valence-electron chi connectivity index (χ1n) is 5.75. The Hall–Kier alpha value is -2.09. The van der Waals surface area contributed by atoms with Crippen LogP contribution in [0.15, 0.2) is 53.7 Å². The summed E-state index contributed by atoms with van der Waals surface area (Å²) in [7, 11) is 0. The Balaban J connectivity index is 2.23. The number of hydrogen-bond donors (Lipinski definition) is 3. The molecule has 0 atom stereocenters. The number of amides is 1. The Morgan fingerprint density at radius 2 is 1.95 bits per heavy atom. The van der Waals surface area contributed by atoms with Gasteiger partial charge in [0, 0.05) is 14.8 Å². The standard InChI is InChI=1S/C14H12IN3O2/c15-12-7-2-1-6-11(12)14(19)17-10-5-3-4-9(8-10)13(16)18-20/h1-8,20H,(H2,16,18)(H,17,19). The van der Waals surface area contributed by atoms with Crippen LogP contribution in [0.2, 0.25) is 0 Å². The average Bonchev–Trinajstić information content (AvgIpc) is 2.47. The third-order valence-corrected chi connectivity index (χ3v) is 3.58. The molecule has 0 aliphatic carbocycles. The summed E-state index contributed by atoms with van der Waals surface area (Å²) >= 11 is 2.11. The maximum atomic E-state index is 12.2. The Labute approximate surface area is 129 Å². The summed E-state index contributed by atoms with van der Waals surface area (Å²) in [5.74, 6) is -0.206.